The van der Waals surface area contributed by atoms with Crippen LogP contribution in [0.3, 0.4) is 0 Å². The van der Waals surface area contributed by atoms with Gasteiger partial charge in [-0.3, -0.25) is 14.9 Å². The van der Waals surface area contributed by atoms with E-state index in [1.54, 1.807) is 0 Å². The number of carbonyl (C=O) groups excluding carboxylic acids is 1. The molecule has 1 atom stereocenters. The second-order valence-corrected chi connectivity index (χ2v) is 3.54. The van der Waals surface area contributed by atoms with Crippen molar-refractivity contribution in [2.24, 2.45) is 0 Å². The van der Waals surface area contributed by atoms with Crippen molar-refractivity contribution in [3.63, 3.8) is 0 Å². The third kappa shape index (κ3) is 3.18. The molecule has 1 rings (SSSR count). The van der Waals surface area contributed by atoms with Crippen LogP contribution in [0.2, 0.25) is 0 Å². The number of carbonyl (C=O) groups is 2. The quantitative estimate of drug-likeness (QED) is 0.469. The Hall–Kier alpha value is -2.64. The fourth-order valence-electron chi connectivity index (χ4n) is 1.31. The molecule has 1 aromatic carbocycles. The van der Waals surface area contributed by atoms with E-state index in [0.717, 1.165) is 6.07 Å². The summed E-state index contributed by atoms with van der Waals surface area (Å²) in [6.07, 6.45) is -0.880. The van der Waals surface area contributed by atoms with Crippen LogP contribution in [-0.2, 0) is 4.79 Å². The van der Waals surface area contributed by atoms with E-state index in [4.69, 9.17) is 14.6 Å². The molecule has 0 spiro atoms. The van der Waals surface area contributed by atoms with Crippen molar-refractivity contribution in [2.75, 3.05) is 7.11 Å². The summed E-state index contributed by atoms with van der Waals surface area (Å²) in [5.74, 6) is -1.69. The van der Waals surface area contributed by atoms with E-state index in [0.29, 0.717) is 6.29 Å². The molecule has 0 heterocycles. The predicted molar refractivity (Wildman–Crippen MR) is 62.8 cm³/mol. The Morgan fingerprint density at radius 3 is 2.58 bits per heavy atom. The van der Waals surface area contributed by atoms with Gasteiger partial charge >= 0.3 is 11.7 Å². The van der Waals surface area contributed by atoms with Crippen molar-refractivity contribution >= 4 is 17.9 Å². The first-order valence-electron chi connectivity index (χ1n) is 5.11. The largest absolute Gasteiger partial charge is 0.493 e. The molecule has 1 aromatic rings. The maximum Gasteiger partial charge on any atom is 0.344 e. The van der Waals surface area contributed by atoms with Gasteiger partial charge in [0.25, 0.3) is 0 Å². The van der Waals surface area contributed by atoms with Crippen LogP contribution in [0, 0.1) is 10.1 Å². The molecule has 0 fully saturated rings. The standard InChI is InChI=1S/C11H11NO7/c1-6(11(14)15)19-10-8(12(16)17)3-7(5-13)4-9(10)18-2/h3-6H,1-2H3,(H,14,15). The smallest absolute Gasteiger partial charge is 0.344 e. The highest BCUT2D eigenvalue weighted by molar-refractivity contribution is 5.80. The topological polar surface area (TPSA) is 116 Å². The van der Waals surface area contributed by atoms with Crippen LogP contribution in [0.1, 0.15) is 17.3 Å². The summed E-state index contributed by atoms with van der Waals surface area (Å²) in [4.78, 5) is 31.5. The fraction of sp³-hybridized carbons (Fsp3) is 0.273. The Kier molecular flexibility index (Phi) is 4.41. The third-order valence-corrected chi connectivity index (χ3v) is 2.25. The summed E-state index contributed by atoms with van der Waals surface area (Å²) in [6.45, 7) is 1.22. The zero-order valence-electron chi connectivity index (χ0n) is 10.2. The molecule has 0 bridgehead atoms. The van der Waals surface area contributed by atoms with Crippen molar-refractivity contribution in [1.82, 2.24) is 0 Å². The third-order valence-electron chi connectivity index (χ3n) is 2.25. The number of methoxy groups -OCH3 is 1. The molecule has 0 aliphatic heterocycles. The molecule has 8 nitrogen and oxygen atoms in total. The van der Waals surface area contributed by atoms with Crippen LogP contribution in [-0.4, -0.2) is 35.5 Å². The Bertz CT molecular complexity index is 526. The minimum Gasteiger partial charge on any atom is -0.493 e. The maximum absolute atomic E-state index is 10.9. The number of rotatable bonds is 6. The molecule has 0 aliphatic rings. The zero-order chi connectivity index (χ0) is 14.6. The summed E-state index contributed by atoms with van der Waals surface area (Å²) in [5, 5.41) is 19.7. The molecule has 0 aliphatic carbocycles. The van der Waals surface area contributed by atoms with E-state index in [-0.39, 0.29) is 17.1 Å². The first-order valence-corrected chi connectivity index (χ1v) is 5.11. The van der Waals surface area contributed by atoms with Crippen LogP contribution >= 0.6 is 0 Å². The van der Waals surface area contributed by atoms with E-state index in [1.165, 1.54) is 20.1 Å². The average molecular weight is 269 g/mol. The van der Waals surface area contributed by atoms with Crippen molar-refractivity contribution in [3.05, 3.63) is 27.8 Å². The number of aldehydes is 1. The minimum absolute atomic E-state index is 0.0267. The first-order chi connectivity index (χ1) is 8.90. The Morgan fingerprint density at radius 1 is 1.53 bits per heavy atom. The van der Waals surface area contributed by atoms with Crippen molar-refractivity contribution in [3.8, 4) is 11.5 Å². The molecular weight excluding hydrogens is 258 g/mol. The molecule has 1 N–H and O–H groups in total. The summed E-state index contributed by atoms with van der Waals surface area (Å²) in [5.41, 5.74) is -0.506. The van der Waals surface area contributed by atoms with Gasteiger partial charge in [0.05, 0.1) is 12.0 Å². The second kappa shape index (κ2) is 5.80. The zero-order valence-corrected chi connectivity index (χ0v) is 10.2. The van der Waals surface area contributed by atoms with Gasteiger partial charge < -0.3 is 14.6 Å². The lowest BCUT2D eigenvalue weighted by Crippen LogP contribution is -2.23. The van der Waals surface area contributed by atoms with E-state index in [2.05, 4.69) is 0 Å². The van der Waals surface area contributed by atoms with Crippen LogP contribution in [0.15, 0.2) is 12.1 Å². The summed E-state index contributed by atoms with van der Waals surface area (Å²) in [7, 11) is 1.23. The van der Waals surface area contributed by atoms with Crippen LogP contribution in [0.25, 0.3) is 0 Å². The van der Waals surface area contributed by atoms with Crippen LogP contribution in [0.4, 0.5) is 5.69 Å². The predicted octanol–water partition coefficient (Wildman–Crippen LogP) is 1.27. The molecule has 0 amide bonds. The number of nitro benzene ring substituents is 1. The van der Waals surface area contributed by atoms with Gasteiger partial charge in [-0.05, 0) is 13.0 Å². The normalized spacial score (nSPS) is 11.5. The highest BCUT2D eigenvalue weighted by atomic mass is 16.6. The lowest BCUT2D eigenvalue weighted by molar-refractivity contribution is -0.386. The highest BCUT2D eigenvalue weighted by Crippen LogP contribution is 2.38. The molecule has 0 aromatic heterocycles. The van der Waals surface area contributed by atoms with Gasteiger partial charge in [0.2, 0.25) is 5.75 Å². The first kappa shape index (κ1) is 14.4. The van der Waals surface area contributed by atoms with Crippen molar-refractivity contribution in [1.29, 1.82) is 0 Å². The van der Waals surface area contributed by atoms with Crippen LogP contribution in [0.5, 0.6) is 11.5 Å². The van der Waals surface area contributed by atoms with Gasteiger partial charge in [0, 0.05) is 11.6 Å². The van der Waals surface area contributed by atoms with E-state index < -0.39 is 22.7 Å². The lowest BCUT2D eigenvalue weighted by Gasteiger charge is -2.14. The fourth-order valence-corrected chi connectivity index (χ4v) is 1.31. The number of carboxylic acid groups (broad SMARTS) is 1. The van der Waals surface area contributed by atoms with Crippen molar-refractivity contribution in [2.45, 2.75) is 13.0 Å². The summed E-state index contributed by atoms with van der Waals surface area (Å²) >= 11 is 0. The maximum atomic E-state index is 10.9. The molecule has 0 saturated heterocycles. The highest BCUT2D eigenvalue weighted by Gasteiger charge is 2.26. The Balaban J connectivity index is 3.37. The second-order valence-electron chi connectivity index (χ2n) is 3.54. The van der Waals surface area contributed by atoms with E-state index in [1.807, 2.05) is 0 Å². The molecular formula is C11H11NO7. The monoisotopic (exact) mass is 269 g/mol. The molecule has 19 heavy (non-hydrogen) atoms. The Labute approximate surface area is 107 Å². The van der Waals surface area contributed by atoms with Gasteiger partial charge in [-0.2, -0.15) is 0 Å². The van der Waals surface area contributed by atoms with E-state index >= 15 is 0 Å². The molecule has 0 saturated carbocycles. The van der Waals surface area contributed by atoms with Gasteiger partial charge in [0.1, 0.15) is 6.29 Å². The molecule has 102 valence electrons. The average Bonchev–Trinajstić information content (AvgIpc) is 2.38. The number of aliphatic carboxylic acids is 1. The van der Waals surface area contributed by atoms with Crippen LogP contribution < -0.4 is 9.47 Å². The minimum atomic E-state index is -1.30. The molecule has 8 heteroatoms. The number of nitrogens with zero attached hydrogens (tertiary/aromatic N) is 1. The van der Waals surface area contributed by atoms with E-state index in [9.17, 15) is 19.7 Å². The molecule has 1 unspecified atom stereocenters. The van der Waals surface area contributed by atoms with Gasteiger partial charge in [-0.1, -0.05) is 0 Å². The Morgan fingerprint density at radius 2 is 2.16 bits per heavy atom. The summed E-state index contributed by atoms with van der Waals surface area (Å²) < 4.78 is 9.89. The number of hydrogen-bond acceptors (Lipinski definition) is 6. The SMILES string of the molecule is COc1cc(C=O)cc([N+](=O)[O-])c1OC(C)C(=O)O. The summed E-state index contributed by atoms with van der Waals surface area (Å²) in [6, 6.07) is 2.21. The lowest BCUT2D eigenvalue weighted by atomic mass is 10.2. The van der Waals surface area contributed by atoms with Gasteiger partial charge in [-0.25, -0.2) is 4.79 Å². The number of nitro groups is 1. The number of ether oxygens (including phenoxy) is 2. The van der Waals surface area contributed by atoms with Gasteiger partial charge in [-0.15, -0.1) is 0 Å². The number of hydrogen-bond donors (Lipinski definition) is 1. The van der Waals surface area contributed by atoms with Crippen molar-refractivity contribution < 1.29 is 29.1 Å². The number of carboxylic acids is 1. The van der Waals surface area contributed by atoms with Gasteiger partial charge in [0.15, 0.2) is 11.9 Å². The number of benzene rings is 1. The molecule has 0 radical (unpaired) electrons.